The normalized spacial score (nSPS) is 14.4. The number of fused-ring (bicyclic) bond motifs is 6. The van der Waals surface area contributed by atoms with Gasteiger partial charge in [-0.1, -0.05) is 86.6 Å². The van der Waals surface area contributed by atoms with Crippen molar-refractivity contribution in [1.29, 1.82) is 0 Å². The van der Waals surface area contributed by atoms with Crippen LogP contribution in [-0.2, 0) is 5.41 Å². The Balaban J connectivity index is 1.69. The van der Waals surface area contributed by atoms with Gasteiger partial charge < -0.3 is 4.42 Å². The lowest BCUT2D eigenvalue weighted by Gasteiger charge is -2.21. The Morgan fingerprint density at radius 2 is 1.36 bits per heavy atom. The molecule has 1 heterocycles. The molecular formula is C27H20O. The zero-order valence-corrected chi connectivity index (χ0v) is 16.0. The van der Waals surface area contributed by atoms with E-state index in [9.17, 15) is 0 Å². The van der Waals surface area contributed by atoms with E-state index in [0.29, 0.717) is 0 Å². The fraction of sp³-hybridized carbons (Fsp3) is 0.111. The maximum atomic E-state index is 6.46. The molecule has 0 atom stereocenters. The standard InChI is InChI=1S/C27H20O/c1-27(2)23-14-7-6-11-19(23)21-15-22-20-13-8-12-18(17-9-4-3-5-10-17)26(20)28-25(22)16-24(21)27/h3-16H,1-2H3. The minimum atomic E-state index is -0.0125. The molecule has 0 spiro atoms. The first-order chi connectivity index (χ1) is 13.6. The summed E-state index contributed by atoms with van der Waals surface area (Å²) >= 11 is 0. The maximum Gasteiger partial charge on any atom is 0.143 e. The molecule has 1 nitrogen and oxygen atoms in total. The molecule has 28 heavy (non-hydrogen) atoms. The molecule has 0 saturated carbocycles. The van der Waals surface area contributed by atoms with Gasteiger partial charge in [0.05, 0.1) is 0 Å². The molecule has 1 heteroatoms. The molecule has 134 valence electrons. The summed E-state index contributed by atoms with van der Waals surface area (Å²) in [6, 6.07) is 30.3. The molecule has 1 aliphatic carbocycles. The van der Waals surface area contributed by atoms with Gasteiger partial charge in [0.1, 0.15) is 11.2 Å². The highest BCUT2D eigenvalue weighted by atomic mass is 16.3. The summed E-state index contributed by atoms with van der Waals surface area (Å²) in [4.78, 5) is 0. The van der Waals surface area contributed by atoms with Crippen molar-refractivity contribution in [3.63, 3.8) is 0 Å². The molecule has 0 amide bonds. The van der Waals surface area contributed by atoms with Gasteiger partial charge in [-0.25, -0.2) is 0 Å². The van der Waals surface area contributed by atoms with Crippen molar-refractivity contribution < 1.29 is 4.42 Å². The van der Waals surface area contributed by atoms with Crippen molar-refractivity contribution in [2.24, 2.45) is 0 Å². The van der Waals surface area contributed by atoms with E-state index in [-0.39, 0.29) is 5.41 Å². The summed E-state index contributed by atoms with van der Waals surface area (Å²) in [5.41, 5.74) is 9.68. The average molecular weight is 360 g/mol. The van der Waals surface area contributed by atoms with Crippen LogP contribution < -0.4 is 0 Å². The summed E-state index contributed by atoms with van der Waals surface area (Å²) in [6.45, 7) is 4.61. The Kier molecular flexibility index (Phi) is 3.01. The van der Waals surface area contributed by atoms with Gasteiger partial charge in [-0.3, -0.25) is 0 Å². The highest BCUT2D eigenvalue weighted by Gasteiger charge is 2.36. The maximum absolute atomic E-state index is 6.46. The van der Waals surface area contributed by atoms with E-state index in [4.69, 9.17) is 4.42 Å². The van der Waals surface area contributed by atoms with Crippen LogP contribution in [0.1, 0.15) is 25.0 Å². The lowest BCUT2D eigenvalue weighted by molar-refractivity contribution is 0.648. The van der Waals surface area contributed by atoms with E-state index in [1.54, 1.807) is 0 Å². The molecule has 0 fully saturated rings. The number of hydrogen-bond acceptors (Lipinski definition) is 1. The lowest BCUT2D eigenvalue weighted by atomic mass is 9.82. The molecule has 1 aromatic heterocycles. The third-order valence-corrected chi connectivity index (χ3v) is 6.29. The predicted octanol–water partition coefficient (Wildman–Crippen LogP) is 7.56. The number of para-hydroxylation sites is 1. The number of rotatable bonds is 1. The van der Waals surface area contributed by atoms with Crippen molar-refractivity contribution in [2.75, 3.05) is 0 Å². The van der Waals surface area contributed by atoms with Crippen LogP contribution in [-0.4, -0.2) is 0 Å². The molecule has 0 aliphatic heterocycles. The summed E-state index contributed by atoms with van der Waals surface area (Å²) in [5, 5.41) is 2.38. The number of furan rings is 1. The Morgan fingerprint density at radius 1 is 0.607 bits per heavy atom. The largest absolute Gasteiger partial charge is 0.455 e. The Labute approximate surface area is 164 Å². The second kappa shape index (κ2) is 5.36. The minimum absolute atomic E-state index is 0.0125. The van der Waals surface area contributed by atoms with Crippen molar-refractivity contribution >= 4 is 21.9 Å². The van der Waals surface area contributed by atoms with Gasteiger partial charge in [0.2, 0.25) is 0 Å². The van der Waals surface area contributed by atoms with E-state index in [1.807, 2.05) is 6.07 Å². The van der Waals surface area contributed by atoms with E-state index in [0.717, 1.165) is 16.7 Å². The minimum Gasteiger partial charge on any atom is -0.455 e. The molecule has 6 rings (SSSR count). The van der Waals surface area contributed by atoms with Crippen LogP contribution >= 0.6 is 0 Å². The molecule has 0 saturated heterocycles. The third-order valence-electron chi connectivity index (χ3n) is 6.29. The highest BCUT2D eigenvalue weighted by Crippen LogP contribution is 2.50. The Bertz CT molecular complexity index is 1370. The zero-order chi connectivity index (χ0) is 18.9. The Morgan fingerprint density at radius 3 is 2.21 bits per heavy atom. The van der Waals surface area contributed by atoms with Gasteiger partial charge in [0.25, 0.3) is 0 Å². The van der Waals surface area contributed by atoms with Crippen LogP contribution in [0.5, 0.6) is 0 Å². The van der Waals surface area contributed by atoms with Crippen molar-refractivity contribution in [3.05, 3.63) is 96.1 Å². The predicted molar refractivity (Wildman–Crippen MR) is 117 cm³/mol. The van der Waals surface area contributed by atoms with E-state index >= 15 is 0 Å². The van der Waals surface area contributed by atoms with Crippen LogP contribution in [0.3, 0.4) is 0 Å². The van der Waals surface area contributed by atoms with Gasteiger partial charge >= 0.3 is 0 Å². The van der Waals surface area contributed by atoms with Gasteiger partial charge in [-0.05, 0) is 39.9 Å². The lowest BCUT2D eigenvalue weighted by Crippen LogP contribution is -2.14. The number of benzene rings is 4. The van der Waals surface area contributed by atoms with Crippen LogP contribution in [0, 0.1) is 0 Å². The second-order valence-corrected chi connectivity index (χ2v) is 8.21. The number of hydrogen-bond donors (Lipinski definition) is 0. The van der Waals surface area contributed by atoms with Crippen molar-refractivity contribution in [2.45, 2.75) is 19.3 Å². The summed E-state index contributed by atoms with van der Waals surface area (Å²) in [6.07, 6.45) is 0. The monoisotopic (exact) mass is 360 g/mol. The van der Waals surface area contributed by atoms with Crippen LogP contribution in [0.2, 0.25) is 0 Å². The SMILES string of the molecule is CC1(C)c2ccccc2-c2cc3c(cc21)oc1c(-c2ccccc2)cccc13. The van der Waals surface area contributed by atoms with Gasteiger partial charge in [-0.15, -0.1) is 0 Å². The quantitative estimate of drug-likeness (QED) is 0.300. The van der Waals surface area contributed by atoms with Gasteiger partial charge in [0, 0.05) is 21.8 Å². The van der Waals surface area contributed by atoms with Crippen molar-refractivity contribution in [3.8, 4) is 22.3 Å². The molecule has 0 bridgehead atoms. The third kappa shape index (κ3) is 1.96. The first-order valence-electron chi connectivity index (χ1n) is 9.79. The molecule has 0 N–H and O–H groups in total. The highest BCUT2D eigenvalue weighted by molar-refractivity contribution is 6.11. The molecule has 0 radical (unpaired) electrons. The first-order valence-corrected chi connectivity index (χ1v) is 9.79. The Hall–Kier alpha value is -3.32. The van der Waals surface area contributed by atoms with Crippen LogP contribution in [0.25, 0.3) is 44.2 Å². The van der Waals surface area contributed by atoms with Gasteiger partial charge in [-0.2, -0.15) is 0 Å². The smallest absolute Gasteiger partial charge is 0.143 e. The summed E-state index contributed by atoms with van der Waals surface area (Å²) < 4.78 is 6.46. The molecule has 5 aromatic rings. The molecule has 4 aromatic carbocycles. The topological polar surface area (TPSA) is 13.1 Å². The van der Waals surface area contributed by atoms with Crippen molar-refractivity contribution in [1.82, 2.24) is 0 Å². The fourth-order valence-corrected chi connectivity index (χ4v) is 4.84. The fourth-order valence-electron chi connectivity index (χ4n) is 4.84. The van der Waals surface area contributed by atoms with Crippen LogP contribution in [0.15, 0.2) is 89.3 Å². The molecule has 0 unspecified atom stereocenters. The second-order valence-electron chi connectivity index (χ2n) is 8.21. The molecular weight excluding hydrogens is 340 g/mol. The summed E-state index contributed by atoms with van der Waals surface area (Å²) in [7, 11) is 0. The average Bonchev–Trinajstić information content (AvgIpc) is 3.21. The van der Waals surface area contributed by atoms with E-state index in [1.165, 1.54) is 38.6 Å². The van der Waals surface area contributed by atoms with E-state index < -0.39 is 0 Å². The van der Waals surface area contributed by atoms with E-state index in [2.05, 4.69) is 92.7 Å². The van der Waals surface area contributed by atoms with Crippen LogP contribution in [0.4, 0.5) is 0 Å². The van der Waals surface area contributed by atoms with Gasteiger partial charge in [0.15, 0.2) is 0 Å². The zero-order valence-electron chi connectivity index (χ0n) is 16.0. The first kappa shape index (κ1) is 15.7. The summed E-state index contributed by atoms with van der Waals surface area (Å²) in [5.74, 6) is 0. The molecule has 1 aliphatic rings.